The molecule has 1 aliphatic rings. The molecule has 2 aromatic carbocycles. The van der Waals surface area contributed by atoms with Crippen molar-refractivity contribution in [2.45, 2.75) is 19.9 Å². The van der Waals surface area contributed by atoms with E-state index in [9.17, 15) is 9.59 Å². The van der Waals surface area contributed by atoms with Gasteiger partial charge in [-0.25, -0.2) is 14.3 Å². The Hall–Kier alpha value is -3.58. The van der Waals surface area contributed by atoms with Gasteiger partial charge in [-0.1, -0.05) is 41.9 Å². The van der Waals surface area contributed by atoms with Crippen LogP contribution in [0.15, 0.2) is 72.1 Å². The van der Waals surface area contributed by atoms with Crippen LogP contribution in [-0.2, 0) is 9.53 Å². The van der Waals surface area contributed by atoms with E-state index in [1.54, 1.807) is 37.7 Å². The molecule has 2 amide bonds. The number of hydrogen-bond donors (Lipinski definition) is 1. The van der Waals surface area contributed by atoms with Crippen LogP contribution in [0.3, 0.4) is 0 Å². The van der Waals surface area contributed by atoms with E-state index >= 15 is 0 Å². The first-order chi connectivity index (χ1) is 15.4. The number of nitrogens with zero attached hydrogens (tertiary/aromatic N) is 3. The van der Waals surface area contributed by atoms with Gasteiger partial charge in [-0.05, 0) is 38.1 Å². The van der Waals surface area contributed by atoms with E-state index in [1.807, 2.05) is 48.7 Å². The highest BCUT2D eigenvalue weighted by molar-refractivity contribution is 6.30. The number of ether oxygens (including phenoxy) is 1. The van der Waals surface area contributed by atoms with Crippen molar-refractivity contribution in [3.63, 3.8) is 0 Å². The third kappa shape index (κ3) is 3.99. The number of benzene rings is 2. The first-order valence-electron chi connectivity index (χ1n) is 10.2. The Morgan fingerprint density at radius 1 is 1.16 bits per heavy atom. The fourth-order valence-electron chi connectivity index (χ4n) is 3.69. The van der Waals surface area contributed by atoms with Crippen molar-refractivity contribution in [2.24, 2.45) is 0 Å². The molecule has 3 aromatic rings. The Kier molecular flexibility index (Phi) is 6.01. The second-order valence-corrected chi connectivity index (χ2v) is 7.82. The molecule has 0 saturated heterocycles. The number of rotatable bonds is 5. The van der Waals surface area contributed by atoms with Crippen molar-refractivity contribution in [3.05, 3.63) is 82.7 Å². The Balaban J connectivity index is 1.92. The topological polar surface area (TPSA) is 76.5 Å². The zero-order valence-corrected chi connectivity index (χ0v) is 18.8. The summed E-state index contributed by atoms with van der Waals surface area (Å²) in [7, 11) is 1.62. The molecule has 1 N–H and O–H groups in total. The molecule has 0 saturated carbocycles. The van der Waals surface area contributed by atoms with Crippen LogP contribution in [0.4, 0.5) is 4.79 Å². The highest BCUT2D eigenvalue weighted by atomic mass is 35.5. The van der Waals surface area contributed by atoms with E-state index in [-0.39, 0.29) is 12.6 Å². The largest absolute Gasteiger partial charge is 0.463 e. The molecule has 1 aromatic heterocycles. The third-order valence-electron chi connectivity index (χ3n) is 5.44. The van der Waals surface area contributed by atoms with Crippen molar-refractivity contribution in [3.8, 4) is 16.9 Å². The van der Waals surface area contributed by atoms with E-state index in [0.717, 1.165) is 11.3 Å². The maximum atomic E-state index is 12.9. The van der Waals surface area contributed by atoms with Gasteiger partial charge in [0, 0.05) is 35.1 Å². The number of amides is 2. The van der Waals surface area contributed by atoms with Crippen molar-refractivity contribution < 1.29 is 14.3 Å². The molecular weight excluding hydrogens is 428 g/mol. The van der Waals surface area contributed by atoms with Crippen LogP contribution in [0.5, 0.6) is 0 Å². The summed E-state index contributed by atoms with van der Waals surface area (Å²) in [5, 5.41) is 8.34. The molecule has 0 spiro atoms. The number of hydrogen-bond acceptors (Lipinski definition) is 4. The molecule has 164 valence electrons. The van der Waals surface area contributed by atoms with Gasteiger partial charge >= 0.3 is 12.0 Å². The third-order valence-corrected chi connectivity index (χ3v) is 5.69. The van der Waals surface area contributed by atoms with Gasteiger partial charge in [0.05, 0.1) is 29.6 Å². The van der Waals surface area contributed by atoms with Crippen molar-refractivity contribution in [2.75, 3.05) is 13.7 Å². The van der Waals surface area contributed by atoms with Crippen molar-refractivity contribution in [1.82, 2.24) is 20.0 Å². The number of nitrogens with one attached hydrogen (secondary N) is 1. The first kappa shape index (κ1) is 21.6. The van der Waals surface area contributed by atoms with Crippen molar-refractivity contribution in [1.29, 1.82) is 0 Å². The lowest BCUT2D eigenvalue weighted by atomic mass is 9.93. The second kappa shape index (κ2) is 8.88. The SMILES string of the molecule is CCOC(=O)C1=C(C)N(C)C(=O)NC1c1cn(-c2ccccc2)nc1-c1ccc(Cl)cc1. The lowest BCUT2D eigenvalue weighted by Gasteiger charge is -2.33. The molecule has 1 unspecified atom stereocenters. The number of para-hydroxylation sites is 1. The fourth-order valence-corrected chi connectivity index (χ4v) is 3.81. The van der Waals surface area contributed by atoms with Gasteiger partial charge in [0.15, 0.2) is 0 Å². The summed E-state index contributed by atoms with van der Waals surface area (Å²) in [6.07, 6.45) is 1.84. The van der Waals surface area contributed by atoms with Crippen LogP contribution in [0.2, 0.25) is 5.02 Å². The monoisotopic (exact) mass is 450 g/mol. The van der Waals surface area contributed by atoms with Crippen LogP contribution in [0.1, 0.15) is 25.5 Å². The Morgan fingerprint density at radius 2 is 1.84 bits per heavy atom. The summed E-state index contributed by atoms with van der Waals surface area (Å²) in [5.41, 5.74) is 3.89. The Labute approximate surface area is 191 Å². The van der Waals surface area contributed by atoms with Crippen LogP contribution in [0, 0.1) is 0 Å². The summed E-state index contributed by atoms with van der Waals surface area (Å²) in [6, 6.07) is 15.9. The molecular formula is C24H23ClN4O3. The Morgan fingerprint density at radius 3 is 2.50 bits per heavy atom. The maximum Gasteiger partial charge on any atom is 0.338 e. The minimum atomic E-state index is -0.721. The average Bonchev–Trinajstić information content (AvgIpc) is 3.24. The summed E-state index contributed by atoms with van der Waals surface area (Å²) in [4.78, 5) is 27.0. The Bertz CT molecular complexity index is 1190. The highest BCUT2D eigenvalue weighted by Crippen LogP contribution is 2.36. The van der Waals surface area contributed by atoms with Crippen LogP contribution in [0.25, 0.3) is 16.9 Å². The fraction of sp³-hybridized carbons (Fsp3) is 0.208. The lowest BCUT2D eigenvalue weighted by Crippen LogP contribution is -2.46. The molecule has 0 bridgehead atoms. The molecule has 2 heterocycles. The van der Waals surface area contributed by atoms with Gasteiger partial charge in [-0.15, -0.1) is 0 Å². The molecule has 0 fully saturated rings. The van der Waals surface area contributed by atoms with Crippen LogP contribution in [-0.4, -0.2) is 40.3 Å². The van der Waals surface area contributed by atoms with E-state index in [2.05, 4.69) is 5.32 Å². The predicted molar refractivity (Wildman–Crippen MR) is 122 cm³/mol. The molecule has 32 heavy (non-hydrogen) atoms. The van der Waals surface area contributed by atoms with Gasteiger partial charge < -0.3 is 15.0 Å². The molecule has 0 aliphatic carbocycles. The smallest absolute Gasteiger partial charge is 0.338 e. The molecule has 8 heteroatoms. The van der Waals surface area contributed by atoms with Gasteiger partial charge in [0.2, 0.25) is 0 Å². The average molecular weight is 451 g/mol. The highest BCUT2D eigenvalue weighted by Gasteiger charge is 2.37. The normalized spacial score (nSPS) is 16.2. The van der Waals surface area contributed by atoms with Crippen LogP contribution < -0.4 is 5.32 Å². The molecule has 1 aliphatic heterocycles. The number of aromatic nitrogens is 2. The molecule has 1 atom stereocenters. The predicted octanol–water partition coefficient (Wildman–Crippen LogP) is 4.73. The summed E-state index contributed by atoms with van der Waals surface area (Å²) < 4.78 is 7.06. The van der Waals surface area contributed by atoms with E-state index < -0.39 is 12.0 Å². The molecule has 4 rings (SSSR count). The summed E-state index contributed by atoms with van der Waals surface area (Å²) in [6.45, 7) is 3.72. The van der Waals surface area contributed by atoms with E-state index in [0.29, 0.717) is 27.6 Å². The van der Waals surface area contributed by atoms with E-state index in [4.69, 9.17) is 21.4 Å². The van der Waals surface area contributed by atoms with Gasteiger partial charge in [0.1, 0.15) is 0 Å². The summed E-state index contributed by atoms with van der Waals surface area (Å²) in [5.74, 6) is -0.476. The number of carbonyl (C=O) groups is 2. The lowest BCUT2D eigenvalue weighted by molar-refractivity contribution is -0.139. The zero-order chi connectivity index (χ0) is 22.8. The quantitative estimate of drug-likeness (QED) is 0.570. The minimum absolute atomic E-state index is 0.229. The first-order valence-corrected chi connectivity index (χ1v) is 10.6. The van der Waals surface area contributed by atoms with Gasteiger partial charge in [0.25, 0.3) is 0 Å². The zero-order valence-electron chi connectivity index (χ0n) is 18.0. The van der Waals surface area contributed by atoms with Crippen molar-refractivity contribution >= 4 is 23.6 Å². The number of allylic oxidation sites excluding steroid dienone is 1. The maximum absolute atomic E-state index is 12.9. The minimum Gasteiger partial charge on any atom is -0.463 e. The molecule has 0 radical (unpaired) electrons. The number of urea groups is 1. The molecule has 7 nitrogen and oxygen atoms in total. The second-order valence-electron chi connectivity index (χ2n) is 7.38. The number of carbonyl (C=O) groups excluding carboxylic acids is 2. The number of esters is 1. The number of halogens is 1. The van der Waals surface area contributed by atoms with Gasteiger partial charge in [-0.2, -0.15) is 5.10 Å². The van der Waals surface area contributed by atoms with E-state index in [1.165, 1.54) is 4.90 Å². The summed E-state index contributed by atoms with van der Waals surface area (Å²) >= 11 is 6.09. The van der Waals surface area contributed by atoms with Crippen LogP contribution >= 0.6 is 11.6 Å². The van der Waals surface area contributed by atoms with Gasteiger partial charge in [-0.3, -0.25) is 0 Å². The standard InChI is InChI=1S/C24H23ClN4O3/c1-4-32-23(30)20-15(2)28(3)24(31)26-22(20)19-14-29(18-8-6-5-7-9-18)27-21(19)16-10-12-17(25)13-11-16/h5-14,22H,4H2,1-3H3,(H,26,31).